The molecule has 0 bridgehead atoms. The van der Waals surface area contributed by atoms with Crippen molar-refractivity contribution in [2.24, 2.45) is 0 Å². The maximum Gasteiger partial charge on any atom is 0.319 e. The lowest BCUT2D eigenvalue weighted by Gasteiger charge is -2.11. The molecular formula is C18H22N4O2. The number of carbonyl (C=O) groups is 2. The number of anilines is 1. The molecule has 0 aliphatic carbocycles. The molecule has 0 saturated carbocycles. The lowest BCUT2D eigenvalue weighted by molar-refractivity contribution is 0.0950. The molecule has 2 aromatic rings. The van der Waals surface area contributed by atoms with E-state index in [0.29, 0.717) is 17.8 Å². The van der Waals surface area contributed by atoms with Crippen molar-refractivity contribution < 1.29 is 9.59 Å². The number of nitrogens with zero attached hydrogens (tertiary/aromatic N) is 1. The van der Waals surface area contributed by atoms with Crippen LogP contribution in [0.4, 0.5) is 10.5 Å². The summed E-state index contributed by atoms with van der Waals surface area (Å²) in [6.45, 7) is 6.08. The highest BCUT2D eigenvalue weighted by molar-refractivity contribution is 5.93. The topological polar surface area (TPSA) is 83.1 Å². The van der Waals surface area contributed by atoms with Gasteiger partial charge in [0.25, 0.3) is 5.91 Å². The second-order valence-corrected chi connectivity index (χ2v) is 5.82. The Labute approximate surface area is 141 Å². The van der Waals surface area contributed by atoms with Gasteiger partial charge in [0.2, 0.25) is 0 Å². The molecule has 0 aliphatic rings. The van der Waals surface area contributed by atoms with Crippen molar-refractivity contribution in [3.63, 3.8) is 0 Å². The highest BCUT2D eigenvalue weighted by atomic mass is 16.2. The number of aromatic nitrogens is 1. The maximum absolute atomic E-state index is 12.0. The van der Waals surface area contributed by atoms with Gasteiger partial charge in [0.1, 0.15) is 0 Å². The molecule has 0 atom stereocenters. The van der Waals surface area contributed by atoms with E-state index in [1.807, 2.05) is 32.9 Å². The molecule has 0 fully saturated rings. The SMILES string of the molecule is Cc1ccc(C(=O)NCc2ccc(NC(=O)NC(C)C)cc2)cn1. The number of aryl methyl sites for hydroxylation is 1. The first-order chi connectivity index (χ1) is 11.4. The van der Waals surface area contributed by atoms with Crippen LogP contribution in [0, 0.1) is 6.92 Å². The zero-order valence-electron chi connectivity index (χ0n) is 14.1. The largest absolute Gasteiger partial charge is 0.348 e. The Hall–Kier alpha value is -2.89. The highest BCUT2D eigenvalue weighted by Crippen LogP contribution is 2.10. The smallest absolute Gasteiger partial charge is 0.319 e. The van der Waals surface area contributed by atoms with E-state index < -0.39 is 0 Å². The van der Waals surface area contributed by atoms with Crippen molar-refractivity contribution in [1.29, 1.82) is 0 Å². The molecule has 3 N–H and O–H groups in total. The van der Waals surface area contributed by atoms with Gasteiger partial charge in [0.05, 0.1) is 5.56 Å². The van der Waals surface area contributed by atoms with Crippen molar-refractivity contribution in [3.8, 4) is 0 Å². The van der Waals surface area contributed by atoms with Crippen LogP contribution in [0.2, 0.25) is 0 Å². The first-order valence-electron chi connectivity index (χ1n) is 7.81. The predicted molar refractivity (Wildman–Crippen MR) is 93.9 cm³/mol. The van der Waals surface area contributed by atoms with Crippen LogP contribution in [0.15, 0.2) is 42.6 Å². The lowest BCUT2D eigenvalue weighted by Crippen LogP contribution is -2.34. The number of urea groups is 1. The Bertz CT molecular complexity index is 694. The van der Waals surface area contributed by atoms with Crippen LogP contribution < -0.4 is 16.0 Å². The molecule has 6 nitrogen and oxygen atoms in total. The molecular weight excluding hydrogens is 304 g/mol. The Morgan fingerprint density at radius 1 is 1.08 bits per heavy atom. The van der Waals surface area contributed by atoms with Crippen LogP contribution >= 0.6 is 0 Å². The molecule has 6 heteroatoms. The van der Waals surface area contributed by atoms with Gasteiger partial charge in [-0.1, -0.05) is 12.1 Å². The van der Waals surface area contributed by atoms with E-state index in [9.17, 15) is 9.59 Å². The second kappa shape index (κ2) is 8.10. The summed E-state index contributed by atoms with van der Waals surface area (Å²) in [6.07, 6.45) is 1.56. The summed E-state index contributed by atoms with van der Waals surface area (Å²) >= 11 is 0. The zero-order chi connectivity index (χ0) is 17.5. The van der Waals surface area contributed by atoms with Gasteiger partial charge < -0.3 is 16.0 Å². The fourth-order valence-corrected chi connectivity index (χ4v) is 2.02. The third kappa shape index (κ3) is 5.39. The van der Waals surface area contributed by atoms with E-state index in [1.54, 1.807) is 30.5 Å². The first kappa shape index (κ1) is 17.5. The van der Waals surface area contributed by atoms with Crippen LogP contribution in [0.3, 0.4) is 0 Å². The molecule has 3 amide bonds. The summed E-state index contributed by atoms with van der Waals surface area (Å²) in [4.78, 5) is 27.8. The quantitative estimate of drug-likeness (QED) is 0.790. The molecule has 0 spiro atoms. The number of carbonyl (C=O) groups excluding carboxylic acids is 2. The van der Waals surface area contributed by atoms with Gasteiger partial charge in [-0.15, -0.1) is 0 Å². The summed E-state index contributed by atoms with van der Waals surface area (Å²) in [5.74, 6) is -0.166. The van der Waals surface area contributed by atoms with Crippen molar-refractivity contribution in [2.45, 2.75) is 33.4 Å². The number of nitrogens with one attached hydrogen (secondary N) is 3. The first-order valence-corrected chi connectivity index (χ1v) is 7.81. The van der Waals surface area contributed by atoms with E-state index in [1.165, 1.54) is 0 Å². The Balaban J connectivity index is 1.86. The molecule has 0 aliphatic heterocycles. The minimum absolute atomic E-state index is 0.0794. The van der Waals surface area contributed by atoms with Crippen LogP contribution in [-0.4, -0.2) is 23.0 Å². The molecule has 2 rings (SSSR count). The fraction of sp³-hybridized carbons (Fsp3) is 0.278. The average molecular weight is 326 g/mol. The van der Waals surface area contributed by atoms with Crippen LogP contribution in [-0.2, 0) is 6.54 Å². The number of pyridine rings is 1. The minimum atomic E-state index is -0.238. The molecule has 0 radical (unpaired) electrons. The van der Waals surface area contributed by atoms with Crippen molar-refractivity contribution in [2.75, 3.05) is 5.32 Å². The van der Waals surface area contributed by atoms with Gasteiger partial charge in [0.15, 0.2) is 0 Å². The summed E-state index contributed by atoms with van der Waals surface area (Å²) in [7, 11) is 0. The number of hydrogen-bond acceptors (Lipinski definition) is 3. The molecule has 0 unspecified atom stereocenters. The number of benzene rings is 1. The Morgan fingerprint density at radius 3 is 2.38 bits per heavy atom. The normalized spacial score (nSPS) is 10.3. The fourth-order valence-electron chi connectivity index (χ4n) is 2.02. The number of rotatable bonds is 5. The van der Waals surface area contributed by atoms with Crippen LogP contribution in [0.1, 0.15) is 35.5 Å². The van der Waals surface area contributed by atoms with Gasteiger partial charge in [0, 0.05) is 30.2 Å². The van der Waals surface area contributed by atoms with Gasteiger partial charge in [-0.05, 0) is 50.6 Å². The molecule has 1 aromatic carbocycles. The van der Waals surface area contributed by atoms with E-state index in [2.05, 4.69) is 20.9 Å². The third-order valence-corrected chi connectivity index (χ3v) is 3.26. The van der Waals surface area contributed by atoms with Gasteiger partial charge >= 0.3 is 6.03 Å². The van der Waals surface area contributed by atoms with Crippen molar-refractivity contribution >= 4 is 17.6 Å². The van der Waals surface area contributed by atoms with E-state index in [0.717, 1.165) is 11.3 Å². The van der Waals surface area contributed by atoms with E-state index in [4.69, 9.17) is 0 Å². The molecule has 126 valence electrons. The summed E-state index contributed by atoms with van der Waals surface area (Å²) in [6, 6.07) is 10.7. The number of amides is 3. The van der Waals surface area contributed by atoms with Crippen molar-refractivity contribution in [3.05, 3.63) is 59.4 Å². The molecule has 0 saturated heterocycles. The maximum atomic E-state index is 12.0. The summed E-state index contributed by atoms with van der Waals surface area (Å²) in [5, 5.41) is 8.35. The molecule has 24 heavy (non-hydrogen) atoms. The van der Waals surface area contributed by atoms with Crippen LogP contribution in [0.5, 0.6) is 0 Å². The standard InChI is InChI=1S/C18H22N4O2/c1-12(2)21-18(24)22-16-8-5-14(6-9-16)10-20-17(23)15-7-4-13(3)19-11-15/h4-9,11-12H,10H2,1-3H3,(H,20,23)(H2,21,22,24). The van der Waals surface area contributed by atoms with Gasteiger partial charge in [-0.3, -0.25) is 9.78 Å². The summed E-state index contributed by atoms with van der Waals surface area (Å²) in [5.41, 5.74) is 3.05. The van der Waals surface area contributed by atoms with Crippen molar-refractivity contribution in [1.82, 2.24) is 15.6 Å². The van der Waals surface area contributed by atoms with E-state index in [-0.39, 0.29) is 18.0 Å². The summed E-state index contributed by atoms with van der Waals surface area (Å²) < 4.78 is 0. The number of hydrogen-bond donors (Lipinski definition) is 3. The monoisotopic (exact) mass is 326 g/mol. The average Bonchev–Trinajstić information content (AvgIpc) is 2.54. The Morgan fingerprint density at radius 2 is 1.79 bits per heavy atom. The van der Waals surface area contributed by atoms with Gasteiger partial charge in [-0.25, -0.2) is 4.79 Å². The Kier molecular flexibility index (Phi) is 5.89. The molecule has 1 heterocycles. The highest BCUT2D eigenvalue weighted by Gasteiger charge is 2.06. The predicted octanol–water partition coefficient (Wildman–Crippen LogP) is 2.85. The second-order valence-electron chi connectivity index (χ2n) is 5.82. The van der Waals surface area contributed by atoms with Crippen LogP contribution in [0.25, 0.3) is 0 Å². The third-order valence-electron chi connectivity index (χ3n) is 3.26. The zero-order valence-corrected chi connectivity index (χ0v) is 14.1. The minimum Gasteiger partial charge on any atom is -0.348 e. The molecule has 1 aromatic heterocycles. The lowest BCUT2D eigenvalue weighted by atomic mass is 10.2. The van der Waals surface area contributed by atoms with E-state index >= 15 is 0 Å². The van der Waals surface area contributed by atoms with Gasteiger partial charge in [-0.2, -0.15) is 0 Å².